The highest BCUT2D eigenvalue weighted by Gasteiger charge is 2.12. The Balaban J connectivity index is 1.81. The second kappa shape index (κ2) is 5.82. The standard InChI is InChI=1S/C12H15NO3S/c1-17-7-12(14)13-5-4-9-2-3-10-11(6-9)16-8-15-10/h2-3,6H,4-5,7-8H2,1H3,(H,13,14). The summed E-state index contributed by atoms with van der Waals surface area (Å²) in [6.45, 7) is 0.947. The third-order valence-corrected chi connectivity index (χ3v) is 3.00. The number of hydrogen-bond donors (Lipinski definition) is 1. The van der Waals surface area contributed by atoms with E-state index in [4.69, 9.17) is 9.47 Å². The molecule has 5 heteroatoms. The predicted octanol–water partition coefficient (Wildman–Crippen LogP) is 1.44. The van der Waals surface area contributed by atoms with Crippen molar-refractivity contribution in [3.63, 3.8) is 0 Å². The van der Waals surface area contributed by atoms with E-state index >= 15 is 0 Å². The molecule has 0 spiro atoms. The number of hydrogen-bond acceptors (Lipinski definition) is 4. The number of nitrogens with one attached hydrogen (secondary N) is 1. The van der Waals surface area contributed by atoms with Crippen LogP contribution >= 0.6 is 11.8 Å². The van der Waals surface area contributed by atoms with Gasteiger partial charge in [0, 0.05) is 6.54 Å². The van der Waals surface area contributed by atoms with Gasteiger partial charge in [0.05, 0.1) is 5.75 Å². The number of amides is 1. The molecule has 1 aromatic carbocycles. The van der Waals surface area contributed by atoms with E-state index in [0.717, 1.165) is 23.5 Å². The van der Waals surface area contributed by atoms with Crippen LogP contribution in [0, 0.1) is 0 Å². The molecule has 0 atom stereocenters. The molecule has 1 N–H and O–H groups in total. The van der Waals surface area contributed by atoms with Crippen molar-refractivity contribution in [1.82, 2.24) is 5.32 Å². The molecule has 4 nitrogen and oxygen atoms in total. The summed E-state index contributed by atoms with van der Waals surface area (Å²) in [5.74, 6) is 2.18. The summed E-state index contributed by atoms with van der Waals surface area (Å²) in [4.78, 5) is 11.2. The van der Waals surface area contributed by atoms with Crippen LogP contribution in [0.15, 0.2) is 18.2 Å². The van der Waals surface area contributed by atoms with Gasteiger partial charge in [0.25, 0.3) is 0 Å². The van der Waals surface area contributed by atoms with Gasteiger partial charge in [-0.25, -0.2) is 0 Å². The normalized spacial score (nSPS) is 12.5. The molecule has 0 aromatic heterocycles. The fourth-order valence-electron chi connectivity index (χ4n) is 1.62. The van der Waals surface area contributed by atoms with Gasteiger partial charge < -0.3 is 14.8 Å². The van der Waals surface area contributed by atoms with Crippen molar-refractivity contribution in [2.45, 2.75) is 6.42 Å². The topological polar surface area (TPSA) is 47.6 Å². The van der Waals surface area contributed by atoms with E-state index in [0.29, 0.717) is 19.1 Å². The molecule has 1 heterocycles. The van der Waals surface area contributed by atoms with Crippen molar-refractivity contribution >= 4 is 17.7 Å². The van der Waals surface area contributed by atoms with Crippen molar-refractivity contribution in [2.24, 2.45) is 0 Å². The lowest BCUT2D eigenvalue weighted by Crippen LogP contribution is -2.27. The Morgan fingerprint density at radius 1 is 1.41 bits per heavy atom. The number of carbonyl (C=O) groups excluding carboxylic acids is 1. The van der Waals surface area contributed by atoms with Crippen LogP contribution < -0.4 is 14.8 Å². The molecule has 1 aliphatic rings. The van der Waals surface area contributed by atoms with E-state index in [1.807, 2.05) is 24.5 Å². The average molecular weight is 253 g/mol. The summed E-state index contributed by atoms with van der Waals surface area (Å²) in [5.41, 5.74) is 1.14. The molecule has 1 aromatic rings. The van der Waals surface area contributed by atoms with Gasteiger partial charge in [0.2, 0.25) is 12.7 Å². The zero-order chi connectivity index (χ0) is 12.1. The van der Waals surface area contributed by atoms with Crippen LogP contribution in [0.2, 0.25) is 0 Å². The quantitative estimate of drug-likeness (QED) is 0.862. The molecule has 17 heavy (non-hydrogen) atoms. The minimum Gasteiger partial charge on any atom is -0.454 e. The highest BCUT2D eigenvalue weighted by Crippen LogP contribution is 2.32. The van der Waals surface area contributed by atoms with Crippen molar-refractivity contribution in [2.75, 3.05) is 25.3 Å². The maximum absolute atomic E-state index is 11.2. The Hall–Kier alpha value is -1.36. The average Bonchev–Trinajstić information content (AvgIpc) is 2.76. The fraction of sp³-hybridized carbons (Fsp3) is 0.417. The van der Waals surface area contributed by atoms with E-state index in [1.54, 1.807) is 0 Å². The lowest BCUT2D eigenvalue weighted by molar-refractivity contribution is -0.118. The smallest absolute Gasteiger partial charge is 0.231 e. The van der Waals surface area contributed by atoms with Crippen LogP contribution in [0.3, 0.4) is 0 Å². The highest BCUT2D eigenvalue weighted by atomic mass is 32.2. The molecular weight excluding hydrogens is 238 g/mol. The molecule has 0 saturated carbocycles. The maximum atomic E-state index is 11.2. The minimum atomic E-state index is 0.0817. The molecule has 0 saturated heterocycles. The summed E-state index contributed by atoms with van der Waals surface area (Å²) in [5, 5.41) is 2.87. The van der Waals surface area contributed by atoms with Crippen LogP contribution in [-0.4, -0.2) is 31.3 Å². The lowest BCUT2D eigenvalue weighted by Gasteiger charge is -2.05. The van der Waals surface area contributed by atoms with Crippen molar-refractivity contribution < 1.29 is 14.3 Å². The van der Waals surface area contributed by atoms with Gasteiger partial charge in [-0.15, -0.1) is 0 Å². The van der Waals surface area contributed by atoms with Crippen molar-refractivity contribution in [3.05, 3.63) is 23.8 Å². The molecule has 0 fully saturated rings. The number of benzene rings is 1. The fourth-order valence-corrected chi connectivity index (χ4v) is 1.99. The van der Waals surface area contributed by atoms with Crippen molar-refractivity contribution in [1.29, 1.82) is 0 Å². The Labute approximate surface area is 105 Å². The monoisotopic (exact) mass is 253 g/mol. The maximum Gasteiger partial charge on any atom is 0.231 e. The Morgan fingerprint density at radius 3 is 3.06 bits per heavy atom. The number of carbonyl (C=O) groups is 1. The summed E-state index contributed by atoms with van der Waals surface area (Å²) in [7, 11) is 0. The Morgan fingerprint density at radius 2 is 2.24 bits per heavy atom. The zero-order valence-electron chi connectivity index (χ0n) is 9.69. The van der Waals surface area contributed by atoms with Gasteiger partial charge in [0.15, 0.2) is 11.5 Å². The van der Waals surface area contributed by atoms with Crippen LogP contribution in [0.1, 0.15) is 5.56 Å². The molecule has 1 amide bonds. The van der Waals surface area contributed by atoms with E-state index in [-0.39, 0.29) is 5.91 Å². The number of fused-ring (bicyclic) bond motifs is 1. The molecule has 0 aliphatic carbocycles. The zero-order valence-corrected chi connectivity index (χ0v) is 10.5. The van der Waals surface area contributed by atoms with E-state index in [1.165, 1.54) is 11.8 Å². The molecule has 0 bridgehead atoms. The van der Waals surface area contributed by atoms with Gasteiger partial charge in [-0.2, -0.15) is 11.8 Å². The second-order valence-corrected chi connectivity index (χ2v) is 4.59. The van der Waals surface area contributed by atoms with Crippen molar-refractivity contribution in [3.8, 4) is 11.5 Å². The first-order valence-electron chi connectivity index (χ1n) is 5.44. The van der Waals surface area contributed by atoms with E-state index in [9.17, 15) is 4.79 Å². The number of thioether (sulfide) groups is 1. The van der Waals surface area contributed by atoms with Crippen LogP contribution in [0.4, 0.5) is 0 Å². The molecule has 0 unspecified atom stereocenters. The van der Waals surface area contributed by atoms with E-state index in [2.05, 4.69) is 5.32 Å². The summed E-state index contributed by atoms with van der Waals surface area (Å²) >= 11 is 1.52. The van der Waals surface area contributed by atoms with Crippen LogP contribution in [0.25, 0.3) is 0 Å². The van der Waals surface area contributed by atoms with Crippen LogP contribution in [-0.2, 0) is 11.2 Å². The van der Waals surface area contributed by atoms with Gasteiger partial charge in [-0.05, 0) is 30.4 Å². The Kier molecular flexibility index (Phi) is 4.14. The second-order valence-electron chi connectivity index (χ2n) is 3.72. The molecule has 2 rings (SSSR count). The first-order valence-corrected chi connectivity index (χ1v) is 6.83. The first-order chi connectivity index (χ1) is 8.29. The summed E-state index contributed by atoms with van der Waals surface area (Å²) in [6, 6.07) is 5.86. The number of rotatable bonds is 5. The SMILES string of the molecule is CSCC(=O)NCCc1ccc2c(c1)OCO2. The van der Waals surface area contributed by atoms with Gasteiger partial charge in [0.1, 0.15) is 0 Å². The van der Waals surface area contributed by atoms with Crippen LogP contribution in [0.5, 0.6) is 11.5 Å². The highest BCUT2D eigenvalue weighted by molar-refractivity contribution is 7.99. The summed E-state index contributed by atoms with van der Waals surface area (Å²) < 4.78 is 10.5. The first kappa shape index (κ1) is 12.1. The number of ether oxygens (including phenoxy) is 2. The van der Waals surface area contributed by atoms with Gasteiger partial charge >= 0.3 is 0 Å². The molecule has 1 aliphatic heterocycles. The lowest BCUT2D eigenvalue weighted by atomic mass is 10.1. The van der Waals surface area contributed by atoms with Gasteiger partial charge in [-0.1, -0.05) is 6.07 Å². The molecule has 92 valence electrons. The minimum absolute atomic E-state index is 0.0817. The molecular formula is C12H15NO3S. The Bertz CT molecular complexity index is 409. The largest absolute Gasteiger partial charge is 0.454 e. The third kappa shape index (κ3) is 3.30. The van der Waals surface area contributed by atoms with Gasteiger partial charge in [-0.3, -0.25) is 4.79 Å². The predicted molar refractivity (Wildman–Crippen MR) is 67.7 cm³/mol. The molecule has 0 radical (unpaired) electrons. The summed E-state index contributed by atoms with van der Waals surface area (Å²) in [6.07, 6.45) is 2.72. The van der Waals surface area contributed by atoms with E-state index < -0.39 is 0 Å². The third-order valence-electron chi connectivity index (χ3n) is 2.45.